The predicted octanol–water partition coefficient (Wildman–Crippen LogP) is 1.02. The Morgan fingerprint density at radius 1 is 1.58 bits per heavy atom. The number of aromatic nitrogens is 3. The molecule has 7 heteroatoms. The van der Waals surface area contributed by atoms with E-state index in [-0.39, 0.29) is 12.5 Å². The average Bonchev–Trinajstić information content (AvgIpc) is 2.84. The summed E-state index contributed by atoms with van der Waals surface area (Å²) < 4.78 is 7.07. The lowest BCUT2D eigenvalue weighted by Gasteiger charge is -2.16. The highest BCUT2D eigenvalue weighted by Gasteiger charge is 2.14. The molecule has 2 aromatic heterocycles. The van der Waals surface area contributed by atoms with E-state index in [0.29, 0.717) is 19.0 Å². The Balaban J connectivity index is 2.03. The first-order chi connectivity index (χ1) is 9.20. The molecule has 7 nitrogen and oxygen atoms in total. The van der Waals surface area contributed by atoms with Gasteiger partial charge < -0.3 is 15.2 Å². The summed E-state index contributed by atoms with van der Waals surface area (Å²) in [5.74, 6) is -0.217. The highest BCUT2D eigenvalue weighted by atomic mass is 16.5. The van der Waals surface area contributed by atoms with E-state index in [1.54, 1.807) is 23.1 Å². The third kappa shape index (κ3) is 3.41. The molecule has 0 amide bonds. The van der Waals surface area contributed by atoms with Crippen LogP contribution in [0.5, 0.6) is 0 Å². The van der Waals surface area contributed by atoms with Gasteiger partial charge in [0.2, 0.25) is 0 Å². The van der Waals surface area contributed by atoms with Crippen LogP contribution in [-0.4, -0.2) is 44.9 Å². The van der Waals surface area contributed by atoms with E-state index in [1.165, 1.54) is 0 Å². The molecule has 0 radical (unpaired) electrons. The Morgan fingerprint density at radius 3 is 3.16 bits per heavy atom. The maximum absolute atomic E-state index is 10.7. The summed E-state index contributed by atoms with van der Waals surface area (Å²) in [6.07, 6.45) is 4.64. The fourth-order valence-electron chi connectivity index (χ4n) is 1.82. The molecule has 2 N–H and O–H groups in total. The molecular weight excluding hydrogens is 248 g/mol. The standard InChI is InChI=1S/C12H16N4O3/c1-2-19-9(7-11(17)18)8-14-12-10-3-4-15-16(10)6-5-13-12/h3-6,9H,2,7-8H2,1H3,(H,13,14)(H,17,18). The monoisotopic (exact) mass is 264 g/mol. The van der Waals surface area contributed by atoms with E-state index in [1.807, 2.05) is 13.0 Å². The molecule has 0 aliphatic heterocycles. The number of anilines is 1. The van der Waals surface area contributed by atoms with Crippen molar-refractivity contribution in [3.63, 3.8) is 0 Å². The second-order valence-corrected chi connectivity index (χ2v) is 3.99. The van der Waals surface area contributed by atoms with Crippen LogP contribution in [0.3, 0.4) is 0 Å². The Hall–Kier alpha value is -2.15. The molecule has 0 aromatic carbocycles. The molecule has 2 aromatic rings. The third-order valence-corrected chi connectivity index (χ3v) is 2.63. The summed E-state index contributed by atoms with van der Waals surface area (Å²) in [6.45, 7) is 2.70. The van der Waals surface area contributed by atoms with Crippen molar-refractivity contribution in [2.75, 3.05) is 18.5 Å². The van der Waals surface area contributed by atoms with Crippen molar-refractivity contribution in [1.82, 2.24) is 14.6 Å². The van der Waals surface area contributed by atoms with Crippen LogP contribution in [0.4, 0.5) is 5.82 Å². The molecule has 0 bridgehead atoms. The average molecular weight is 264 g/mol. The summed E-state index contributed by atoms with van der Waals surface area (Å²) in [7, 11) is 0. The number of carboxylic acid groups (broad SMARTS) is 1. The summed E-state index contributed by atoms with van der Waals surface area (Å²) in [5.41, 5.74) is 0.841. The first-order valence-corrected chi connectivity index (χ1v) is 6.06. The Morgan fingerprint density at radius 2 is 2.42 bits per heavy atom. The van der Waals surface area contributed by atoms with Gasteiger partial charge in [-0.25, -0.2) is 9.50 Å². The minimum absolute atomic E-state index is 0.0385. The van der Waals surface area contributed by atoms with E-state index in [2.05, 4.69) is 15.4 Å². The van der Waals surface area contributed by atoms with Crippen LogP contribution in [0.25, 0.3) is 5.52 Å². The molecule has 0 fully saturated rings. The first-order valence-electron chi connectivity index (χ1n) is 6.06. The van der Waals surface area contributed by atoms with Gasteiger partial charge in [0.15, 0.2) is 5.82 Å². The van der Waals surface area contributed by atoms with E-state index < -0.39 is 5.97 Å². The van der Waals surface area contributed by atoms with Crippen molar-refractivity contribution >= 4 is 17.3 Å². The van der Waals surface area contributed by atoms with Gasteiger partial charge in [-0.05, 0) is 13.0 Å². The molecule has 102 valence electrons. The number of rotatable bonds is 7. The van der Waals surface area contributed by atoms with Gasteiger partial charge in [0.25, 0.3) is 0 Å². The van der Waals surface area contributed by atoms with Crippen molar-refractivity contribution in [1.29, 1.82) is 0 Å². The van der Waals surface area contributed by atoms with Gasteiger partial charge in [-0.1, -0.05) is 0 Å². The smallest absolute Gasteiger partial charge is 0.306 e. The Kier molecular flexibility index (Phi) is 4.30. The number of aliphatic carboxylic acids is 1. The maximum atomic E-state index is 10.7. The van der Waals surface area contributed by atoms with Crippen molar-refractivity contribution in [2.24, 2.45) is 0 Å². The topological polar surface area (TPSA) is 88.8 Å². The van der Waals surface area contributed by atoms with Gasteiger partial charge in [0.05, 0.1) is 18.7 Å². The quantitative estimate of drug-likeness (QED) is 0.776. The van der Waals surface area contributed by atoms with Gasteiger partial charge in [0.1, 0.15) is 5.52 Å². The van der Waals surface area contributed by atoms with E-state index in [9.17, 15) is 4.79 Å². The lowest BCUT2D eigenvalue weighted by Crippen LogP contribution is -2.26. The second-order valence-electron chi connectivity index (χ2n) is 3.99. The highest BCUT2D eigenvalue weighted by Crippen LogP contribution is 2.12. The summed E-state index contributed by atoms with van der Waals surface area (Å²) in [6, 6.07) is 1.84. The zero-order chi connectivity index (χ0) is 13.7. The molecule has 19 heavy (non-hydrogen) atoms. The van der Waals surface area contributed by atoms with E-state index >= 15 is 0 Å². The van der Waals surface area contributed by atoms with Gasteiger partial charge in [-0.15, -0.1) is 0 Å². The molecule has 2 heterocycles. The number of carboxylic acids is 1. The summed E-state index contributed by atoms with van der Waals surface area (Å²) in [4.78, 5) is 14.9. The van der Waals surface area contributed by atoms with E-state index in [4.69, 9.17) is 9.84 Å². The van der Waals surface area contributed by atoms with Crippen molar-refractivity contribution in [2.45, 2.75) is 19.4 Å². The number of hydrogen-bond acceptors (Lipinski definition) is 5. The van der Waals surface area contributed by atoms with Crippen LogP contribution in [0.2, 0.25) is 0 Å². The Labute approximate surface area is 110 Å². The second kappa shape index (κ2) is 6.14. The molecule has 0 saturated heterocycles. The van der Waals surface area contributed by atoms with Crippen LogP contribution in [0.15, 0.2) is 24.7 Å². The lowest BCUT2D eigenvalue weighted by atomic mass is 10.2. The van der Waals surface area contributed by atoms with Crippen molar-refractivity contribution in [3.8, 4) is 0 Å². The van der Waals surface area contributed by atoms with Gasteiger partial charge in [0, 0.05) is 25.5 Å². The van der Waals surface area contributed by atoms with Crippen molar-refractivity contribution < 1.29 is 14.6 Å². The van der Waals surface area contributed by atoms with Crippen LogP contribution in [-0.2, 0) is 9.53 Å². The van der Waals surface area contributed by atoms with Crippen LogP contribution in [0, 0.1) is 0 Å². The number of ether oxygens (including phenoxy) is 1. The SMILES string of the molecule is CCOC(CNc1nccn2nccc12)CC(=O)O. The third-order valence-electron chi connectivity index (χ3n) is 2.63. The molecule has 0 spiro atoms. The minimum Gasteiger partial charge on any atom is -0.481 e. The number of nitrogens with zero attached hydrogens (tertiary/aromatic N) is 3. The predicted molar refractivity (Wildman–Crippen MR) is 69.1 cm³/mol. The summed E-state index contributed by atoms with van der Waals surface area (Å²) >= 11 is 0. The molecular formula is C12H16N4O3. The number of hydrogen-bond donors (Lipinski definition) is 2. The fraction of sp³-hybridized carbons (Fsp3) is 0.417. The highest BCUT2D eigenvalue weighted by molar-refractivity contribution is 5.68. The number of fused-ring (bicyclic) bond motifs is 1. The van der Waals surface area contributed by atoms with Gasteiger partial charge in [-0.2, -0.15) is 5.10 Å². The largest absolute Gasteiger partial charge is 0.481 e. The molecule has 0 aliphatic carbocycles. The maximum Gasteiger partial charge on any atom is 0.306 e. The molecule has 1 unspecified atom stereocenters. The lowest BCUT2D eigenvalue weighted by molar-refractivity contribution is -0.139. The molecule has 2 rings (SSSR count). The minimum atomic E-state index is -0.879. The number of carbonyl (C=O) groups is 1. The molecule has 0 aliphatic rings. The van der Waals surface area contributed by atoms with Crippen molar-refractivity contribution in [3.05, 3.63) is 24.7 Å². The summed E-state index contributed by atoms with van der Waals surface area (Å²) in [5, 5.41) is 16.0. The fourth-order valence-corrected chi connectivity index (χ4v) is 1.82. The van der Waals surface area contributed by atoms with Crippen LogP contribution >= 0.6 is 0 Å². The van der Waals surface area contributed by atoms with Gasteiger partial charge in [-0.3, -0.25) is 4.79 Å². The molecule has 0 saturated carbocycles. The van der Waals surface area contributed by atoms with Crippen LogP contribution in [0.1, 0.15) is 13.3 Å². The normalized spacial score (nSPS) is 12.5. The van der Waals surface area contributed by atoms with Crippen LogP contribution < -0.4 is 5.32 Å². The zero-order valence-corrected chi connectivity index (χ0v) is 10.6. The van der Waals surface area contributed by atoms with Gasteiger partial charge >= 0.3 is 5.97 Å². The zero-order valence-electron chi connectivity index (χ0n) is 10.6. The number of nitrogens with one attached hydrogen (secondary N) is 1. The molecule has 1 atom stereocenters. The Bertz CT molecular complexity index is 555. The first kappa shape index (κ1) is 13.3. The van der Waals surface area contributed by atoms with E-state index in [0.717, 1.165) is 5.52 Å².